The molecule has 0 bridgehead atoms. The summed E-state index contributed by atoms with van der Waals surface area (Å²) in [5.41, 5.74) is -0.849. The first-order valence-electron chi connectivity index (χ1n) is 6.41. The van der Waals surface area contributed by atoms with Crippen LogP contribution in [-0.4, -0.2) is 24.8 Å². The van der Waals surface area contributed by atoms with Gasteiger partial charge < -0.3 is 10.1 Å². The summed E-state index contributed by atoms with van der Waals surface area (Å²) in [5, 5.41) is 2.35. The molecule has 1 amide bonds. The third-order valence-electron chi connectivity index (χ3n) is 2.54. The minimum Gasteiger partial charge on any atom is -0.484 e. The van der Waals surface area contributed by atoms with Gasteiger partial charge >= 0.3 is 6.18 Å². The lowest BCUT2D eigenvalue weighted by molar-refractivity contribution is -0.137. The van der Waals surface area contributed by atoms with E-state index in [1.54, 1.807) is 0 Å². The Morgan fingerprint density at radius 1 is 1.29 bits per heavy atom. The van der Waals surface area contributed by atoms with E-state index < -0.39 is 24.3 Å². The van der Waals surface area contributed by atoms with Crippen molar-refractivity contribution in [1.29, 1.82) is 0 Å². The van der Waals surface area contributed by atoms with E-state index in [-0.39, 0.29) is 18.1 Å². The van der Waals surface area contributed by atoms with Gasteiger partial charge in [-0.1, -0.05) is 13.0 Å². The van der Waals surface area contributed by atoms with Crippen molar-refractivity contribution in [2.45, 2.75) is 25.9 Å². The number of Topliss-reactive ketones (excluding diaryl/α,β-unsaturated/α-hetero) is 1. The Morgan fingerprint density at radius 2 is 2.00 bits per heavy atom. The second-order valence-electron chi connectivity index (χ2n) is 4.38. The van der Waals surface area contributed by atoms with Crippen molar-refractivity contribution in [3.05, 3.63) is 29.8 Å². The molecule has 116 valence electrons. The molecular weight excluding hydrogens is 287 g/mol. The number of hydrogen-bond donors (Lipinski definition) is 1. The van der Waals surface area contributed by atoms with E-state index in [0.29, 0.717) is 12.8 Å². The lowest BCUT2D eigenvalue weighted by Crippen LogP contribution is -2.33. The van der Waals surface area contributed by atoms with Crippen LogP contribution in [0.1, 0.15) is 25.3 Å². The number of ether oxygens (including phenoxy) is 1. The van der Waals surface area contributed by atoms with Gasteiger partial charge in [0.1, 0.15) is 5.75 Å². The van der Waals surface area contributed by atoms with Crippen LogP contribution in [0.4, 0.5) is 13.2 Å². The fourth-order valence-corrected chi connectivity index (χ4v) is 1.53. The summed E-state index contributed by atoms with van der Waals surface area (Å²) in [4.78, 5) is 22.6. The second-order valence-corrected chi connectivity index (χ2v) is 4.38. The molecule has 0 aliphatic rings. The van der Waals surface area contributed by atoms with Crippen LogP contribution in [0, 0.1) is 0 Å². The van der Waals surface area contributed by atoms with E-state index in [0.717, 1.165) is 12.1 Å². The number of hydrogen-bond acceptors (Lipinski definition) is 3. The number of carbonyl (C=O) groups is 2. The molecule has 0 atom stereocenters. The molecule has 1 rings (SSSR count). The van der Waals surface area contributed by atoms with Crippen LogP contribution >= 0.6 is 0 Å². The average molecular weight is 303 g/mol. The predicted octanol–water partition coefficient (Wildman–Crippen LogP) is 2.57. The molecular formula is C14H16F3NO3. The molecule has 0 unspecified atom stereocenters. The van der Waals surface area contributed by atoms with Gasteiger partial charge in [-0.15, -0.1) is 0 Å². The molecule has 0 saturated heterocycles. The number of carbonyl (C=O) groups excluding carboxylic acids is 2. The van der Waals surface area contributed by atoms with Crippen molar-refractivity contribution in [2.24, 2.45) is 0 Å². The van der Waals surface area contributed by atoms with Crippen molar-refractivity contribution in [1.82, 2.24) is 5.32 Å². The molecule has 0 aliphatic carbocycles. The highest BCUT2D eigenvalue weighted by molar-refractivity contribution is 5.86. The van der Waals surface area contributed by atoms with Gasteiger partial charge in [-0.2, -0.15) is 13.2 Å². The summed E-state index contributed by atoms with van der Waals surface area (Å²) in [7, 11) is 0. The summed E-state index contributed by atoms with van der Waals surface area (Å²) < 4.78 is 42.4. The molecule has 0 spiro atoms. The molecule has 1 N–H and O–H groups in total. The van der Waals surface area contributed by atoms with Crippen molar-refractivity contribution in [3.8, 4) is 5.75 Å². The first-order valence-corrected chi connectivity index (χ1v) is 6.41. The molecule has 21 heavy (non-hydrogen) atoms. The second kappa shape index (κ2) is 7.66. The highest BCUT2D eigenvalue weighted by Crippen LogP contribution is 2.31. The maximum atomic E-state index is 12.5. The molecule has 0 fully saturated rings. The molecule has 1 aromatic carbocycles. The van der Waals surface area contributed by atoms with Gasteiger partial charge in [0.05, 0.1) is 12.1 Å². The maximum Gasteiger partial charge on any atom is 0.416 e. The zero-order chi connectivity index (χ0) is 15.9. The average Bonchev–Trinajstić information content (AvgIpc) is 2.42. The Morgan fingerprint density at radius 3 is 2.62 bits per heavy atom. The largest absolute Gasteiger partial charge is 0.484 e. The van der Waals surface area contributed by atoms with E-state index >= 15 is 0 Å². The Bertz CT molecular complexity index is 500. The molecule has 7 heteroatoms. The quantitative estimate of drug-likeness (QED) is 0.842. The van der Waals surface area contributed by atoms with Crippen LogP contribution in [0.15, 0.2) is 24.3 Å². The Kier molecular flexibility index (Phi) is 6.20. The van der Waals surface area contributed by atoms with Crippen LogP contribution in [0.2, 0.25) is 0 Å². The first-order chi connectivity index (χ1) is 9.82. The minimum atomic E-state index is -4.46. The number of amides is 1. The highest BCUT2D eigenvalue weighted by atomic mass is 19.4. The number of ketones is 1. The van der Waals surface area contributed by atoms with E-state index in [9.17, 15) is 22.8 Å². The van der Waals surface area contributed by atoms with E-state index in [1.165, 1.54) is 12.1 Å². The van der Waals surface area contributed by atoms with Crippen molar-refractivity contribution in [2.75, 3.05) is 13.2 Å². The normalized spacial score (nSPS) is 11.0. The molecule has 0 aromatic heterocycles. The van der Waals surface area contributed by atoms with Gasteiger partial charge in [0, 0.05) is 6.42 Å². The number of rotatable bonds is 7. The number of nitrogens with one attached hydrogen (secondary N) is 1. The third kappa shape index (κ3) is 6.29. The Labute approximate surface area is 120 Å². The summed E-state index contributed by atoms with van der Waals surface area (Å²) in [6.45, 7) is 1.30. The summed E-state index contributed by atoms with van der Waals surface area (Å²) in [6, 6.07) is 4.25. The smallest absolute Gasteiger partial charge is 0.416 e. The van der Waals surface area contributed by atoms with Crippen LogP contribution in [-0.2, 0) is 15.8 Å². The fraction of sp³-hybridized carbons (Fsp3) is 0.429. The first kappa shape index (κ1) is 17.0. The molecule has 4 nitrogen and oxygen atoms in total. The van der Waals surface area contributed by atoms with Crippen molar-refractivity contribution in [3.63, 3.8) is 0 Å². The Balaban J connectivity index is 2.45. The van der Waals surface area contributed by atoms with Crippen LogP contribution in [0.5, 0.6) is 5.75 Å². The van der Waals surface area contributed by atoms with E-state index in [1.807, 2.05) is 6.92 Å². The zero-order valence-corrected chi connectivity index (χ0v) is 11.5. The van der Waals surface area contributed by atoms with Gasteiger partial charge in [0.25, 0.3) is 5.91 Å². The molecule has 0 aliphatic heterocycles. The summed E-state index contributed by atoms with van der Waals surface area (Å²) in [5.74, 6) is -0.721. The highest BCUT2D eigenvalue weighted by Gasteiger charge is 2.30. The van der Waals surface area contributed by atoms with Crippen LogP contribution < -0.4 is 10.1 Å². The standard InChI is InChI=1S/C14H16F3NO3/c1-2-4-11(19)8-18-13(20)9-21-12-6-3-5-10(7-12)14(15,16)17/h3,5-7H,2,4,8-9H2,1H3,(H,18,20). The predicted molar refractivity (Wildman–Crippen MR) is 69.9 cm³/mol. The summed E-state index contributed by atoms with van der Waals surface area (Å²) in [6.07, 6.45) is -3.40. The SMILES string of the molecule is CCCC(=O)CNC(=O)COc1cccc(C(F)(F)F)c1. The zero-order valence-electron chi connectivity index (χ0n) is 11.5. The number of halogens is 3. The maximum absolute atomic E-state index is 12.5. The van der Waals surface area contributed by atoms with Gasteiger partial charge in [0.15, 0.2) is 12.4 Å². The lowest BCUT2D eigenvalue weighted by atomic mass is 10.2. The number of alkyl halides is 3. The monoisotopic (exact) mass is 303 g/mol. The van der Waals surface area contributed by atoms with Crippen LogP contribution in [0.25, 0.3) is 0 Å². The number of benzene rings is 1. The molecule has 0 saturated carbocycles. The van der Waals surface area contributed by atoms with E-state index in [4.69, 9.17) is 4.74 Å². The van der Waals surface area contributed by atoms with Gasteiger partial charge in [-0.05, 0) is 24.6 Å². The van der Waals surface area contributed by atoms with E-state index in [2.05, 4.69) is 5.32 Å². The molecule has 1 aromatic rings. The topological polar surface area (TPSA) is 55.4 Å². The van der Waals surface area contributed by atoms with Gasteiger partial charge in [0.2, 0.25) is 0 Å². The van der Waals surface area contributed by atoms with Crippen molar-refractivity contribution < 1.29 is 27.5 Å². The Hall–Kier alpha value is -2.05. The minimum absolute atomic E-state index is 0.0557. The van der Waals surface area contributed by atoms with Gasteiger partial charge in [-0.25, -0.2) is 0 Å². The fourth-order valence-electron chi connectivity index (χ4n) is 1.53. The summed E-state index contributed by atoms with van der Waals surface area (Å²) >= 11 is 0. The molecule has 0 radical (unpaired) electrons. The van der Waals surface area contributed by atoms with Gasteiger partial charge in [-0.3, -0.25) is 9.59 Å². The lowest BCUT2D eigenvalue weighted by Gasteiger charge is -2.10. The molecule has 0 heterocycles. The van der Waals surface area contributed by atoms with Crippen LogP contribution in [0.3, 0.4) is 0 Å². The third-order valence-corrected chi connectivity index (χ3v) is 2.54. The van der Waals surface area contributed by atoms with Crippen molar-refractivity contribution >= 4 is 11.7 Å².